The second-order valence-electron chi connectivity index (χ2n) is 5.06. The molecule has 3 aromatic carbocycles. The number of aliphatic hydroxyl groups excluding tert-OH is 1. The number of aliphatic hydroxyl groups is 1. The number of rotatable bonds is 2. The highest BCUT2D eigenvalue weighted by Gasteiger charge is 2.21. The van der Waals surface area contributed by atoms with Gasteiger partial charge in [0.15, 0.2) is 0 Å². The summed E-state index contributed by atoms with van der Waals surface area (Å²) in [6, 6.07) is 16.5. The highest BCUT2D eigenvalue weighted by molar-refractivity contribution is 9.10. The molecule has 0 aliphatic rings. The Morgan fingerprint density at radius 2 is 1.71 bits per heavy atom. The summed E-state index contributed by atoms with van der Waals surface area (Å²) < 4.78 is 14.7. The lowest BCUT2D eigenvalue weighted by molar-refractivity contribution is 0.215. The zero-order chi connectivity index (χ0) is 15.0. The lowest BCUT2D eigenvalue weighted by Crippen LogP contribution is -2.06. The SMILES string of the molecule is Cc1ccc2ccccc2c1C(O)c1c(F)cccc1Br. The van der Waals surface area contributed by atoms with Crippen molar-refractivity contribution in [2.75, 3.05) is 0 Å². The molecule has 0 aliphatic carbocycles. The van der Waals surface area contributed by atoms with Crippen LogP contribution >= 0.6 is 15.9 Å². The molecule has 3 heteroatoms. The van der Waals surface area contributed by atoms with Crippen LogP contribution in [0.5, 0.6) is 0 Å². The number of hydrogen-bond acceptors (Lipinski definition) is 1. The topological polar surface area (TPSA) is 20.2 Å². The van der Waals surface area contributed by atoms with Gasteiger partial charge in [0.1, 0.15) is 11.9 Å². The van der Waals surface area contributed by atoms with E-state index in [-0.39, 0.29) is 5.56 Å². The maximum Gasteiger partial charge on any atom is 0.130 e. The van der Waals surface area contributed by atoms with Crippen molar-refractivity contribution in [3.63, 3.8) is 0 Å². The maximum absolute atomic E-state index is 14.1. The molecule has 3 rings (SSSR count). The van der Waals surface area contributed by atoms with Crippen LogP contribution in [0.4, 0.5) is 4.39 Å². The molecule has 0 aromatic heterocycles. The summed E-state index contributed by atoms with van der Waals surface area (Å²) in [5.41, 5.74) is 1.97. The third kappa shape index (κ3) is 2.47. The van der Waals surface area contributed by atoms with Crippen LogP contribution < -0.4 is 0 Å². The van der Waals surface area contributed by atoms with Gasteiger partial charge in [0.05, 0.1) is 0 Å². The van der Waals surface area contributed by atoms with Gasteiger partial charge in [-0.05, 0) is 41.0 Å². The molecule has 21 heavy (non-hydrogen) atoms. The van der Waals surface area contributed by atoms with Crippen LogP contribution in [0.2, 0.25) is 0 Å². The van der Waals surface area contributed by atoms with Gasteiger partial charge in [-0.25, -0.2) is 4.39 Å². The molecule has 0 radical (unpaired) electrons. The average Bonchev–Trinajstić information content (AvgIpc) is 2.46. The lowest BCUT2D eigenvalue weighted by Gasteiger charge is -2.19. The van der Waals surface area contributed by atoms with E-state index in [4.69, 9.17) is 0 Å². The van der Waals surface area contributed by atoms with Gasteiger partial charge in [0, 0.05) is 10.0 Å². The minimum Gasteiger partial charge on any atom is -0.383 e. The fourth-order valence-corrected chi connectivity index (χ4v) is 3.24. The van der Waals surface area contributed by atoms with Crippen molar-refractivity contribution < 1.29 is 9.50 Å². The zero-order valence-corrected chi connectivity index (χ0v) is 13.1. The standard InChI is InChI=1S/C18H14BrFO/c1-11-9-10-12-5-2-3-6-13(12)16(11)18(21)17-14(19)7-4-8-15(17)20/h2-10,18,21H,1H3. The van der Waals surface area contributed by atoms with Gasteiger partial charge in [-0.15, -0.1) is 0 Å². The Morgan fingerprint density at radius 1 is 0.952 bits per heavy atom. The Bertz CT molecular complexity index is 793. The number of benzene rings is 3. The molecule has 0 saturated heterocycles. The molecule has 3 aromatic rings. The first-order valence-electron chi connectivity index (χ1n) is 6.70. The maximum atomic E-state index is 14.1. The van der Waals surface area contributed by atoms with Gasteiger partial charge in [0.25, 0.3) is 0 Å². The first-order valence-corrected chi connectivity index (χ1v) is 7.49. The zero-order valence-electron chi connectivity index (χ0n) is 11.5. The Balaban J connectivity index is 2.27. The van der Waals surface area contributed by atoms with Gasteiger partial charge >= 0.3 is 0 Å². The van der Waals surface area contributed by atoms with Crippen LogP contribution in [-0.2, 0) is 0 Å². The fourth-order valence-electron chi connectivity index (χ4n) is 2.68. The smallest absolute Gasteiger partial charge is 0.130 e. The molecule has 1 unspecified atom stereocenters. The van der Waals surface area contributed by atoms with Crippen LogP contribution in [0.1, 0.15) is 22.8 Å². The van der Waals surface area contributed by atoms with Crippen molar-refractivity contribution in [3.05, 3.63) is 81.6 Å². The van der Waals surface area contributed by atoms with Crippen LogP contribution in [0, 0.1) is 12.7 Å². The summed E-state index contributed by atoms with van der Waals surface area (Å²) in [5.74, 6) is -0.413. The van der Waals surface area contributed by atoms with Crippen LogP contribution in [-0.4, -0.2) is 5.11 Å². The van der Waals surface area contributed by atoms with E-state index in [0.717, 1.165) is 21.9 Å². The van der Waals surface area contributed by atoms with E-state index in [9.17, 15) is 9.50 Å². The molecule has 0 saturated carbocycles. The number of halogens is 2. The van der Waals surface area contributed by atoms with Crippen molar-refractivity contribution in [2.24, 2.45) is 0 Å². The van der Waals surface area contributed by atoms with Crippen molar-refractivity contribution in [3.8, 4) is 0 Å². The Hall–Kier alpha value is -1.71. The predicted molar refractivity (Wildman–Crippen MR) is 86.8 cm³/mol. The summed E-state index contributed by atoms with van der Waals surface area (Å²) in [4.78, 5) is 0. The number of hydrogen-bond donors (Lipinski definition) is 1. The third-order valence-corrected chi connectivity index (χ3v) is 4.43. The van der Waals surface area contributed by atoms with Crippen LogP contribution in [0.15, 0.2) is 59.1 Å². The second kappa shape index (κ2) is 5.58. The first kappa shape index (κ1) is 14.2. The minimum atomic E-state index is -1.01. The van der Waals surface area contributed by atoms with Crippen molar-refractivity contribution in [1.82, 2.24) is 0 Å². The number of fused-ring (bicyclic) bond motifs is 1. The predicted octanol–water partition coefficient (Wildman–Crippen LogP) is 5.13. The van der Waals surface area contributed by atoms with E-state index in [1.54, 1.807) is 12.1 Å². The van der Waals surface area contributed by atoms with Crippen LogP contribution in [0.3, 0.4) is 0 Å². The second-order valence-corrected chi connectivity index (χ2v) is 5.91. The van der Waals surface area contributed by atoms with E-state index in [2.05, 4.69) is 15.9 Å². The van der Waals surface area contributed by atoms with Gasteiger partial charge in [0.2, 0.25) is 0 Å². The Kier molecular flexibility index (Phi) is 3.79. The summed E-state index contributed by atoms with van der Waals surface area (Å²) in [6.45, 7) is 1.93. The molecule has 0 amide bonds. The molecular formula is C18H14BrFO. The summed E-state index contributed by atoms with van der Waals surface area (Å²) in [7, 11) is 0. The molecule has 1 nitrogen and oxygen atoms in total. The van der Waals surface area contributed by atoms with E-state index >= 15 is 0 Å². The third-order valence-electron chi connectivity index (χ3n) is 3.74. The molecule has 1 N–H and O–H groups in total. The summed E-state index contributed by atoms with van der Waals surface area (Å²) >= 11 is 3.33. The lowest BCUT2D eigenvalue weighted by atomic mass is 9.92. The quantitative estimate of drug-likeness (QED) is 0.683. The van der Waals surface area contributed by atoms with Crippen LogP contribution in [0.25, 0.3) is 10.8 Å². The summed E-state index contributed by atoms with van der Waals surface area (Å²) in [6.07, 6.45) is -1.01. The largest absolute Gasteiger partial charge is 0.383 e. The fraction of sp³-hybridized carbons (Fsp3) is 0.111. The van der Waals surface area contributed by atoms with E-state index < -0.39 is 11.9 Å². The van der Waals surface area contributed by atoms with Crippen molar-refractivity contribution >= 4 is 26.7 Å². The van der Waals surface area contributed by atoms with Gasteiger partial charge in [-0.1, -0.05) is 58.4 Å². The van der Waals surface area contributed by atoms with Gasteiger partial charge in [-0.2, -0.15) is 0 Å². The highest BCUT2D eigenvalue weighted by Crippen LogP contribution is 2.36. The highest BCUT2D eigenvalue weighted by atomic mass is 79.9. The molecule has 0 bridgehead atoms. The van der Waals surface area contributed by atoms with Crippen molar-refractivity contribution in [2.45, 2.75) is 13.0 Å². The average molecular weight is 345 g/mol. The van der Waals surface area contributed by atoms with E-state index in [1.807, 2.05) is 43.3 Å². The number of aryl methyl sites for hydroxylation is 1. The monoisotopic (exact) mass is 344 g/mol. The molecule has 0 fully saturated rings. The minimum absolute atomic E-state index is 0.275. The summed E-state index contributed by atoms with van der Waals surface area (Å²) in [5, 5.41) is 12.7. The molecule has 0 heterocycles. The molecule has 0 spiro atoms. The van der Waals surface area contributed by atoms with Crippen molar-refractivity contribution in [1.29, 1.82) is 0 Å². The molecular weight excluding hydrogens is 331 g/mol. The first-order chi connectivity index (χ1) is 10.1. The normalized spacial score (nSPS) is 12.6. The molecule has 106 valence electrons. The molecule has 1 atom stereocenters. The van der Waals surface area contributed by atoms with E-state index in [1.165, 1.54) is 6.07 Å². The van der Waals surface area contributed by atoms with E-state index in [0.29, 0.717) is 4.47 Å². The van der Waals surface area contributed by atoms with Gasteiger partial charge < -0.3 is 5.11 Å². The Labute approximate surface area is 131 Å². The molecule has 0 aliphatic heterocycles. The van der Waals surface area contributed by atoms with Gasteiger partial charge in [-0.3, -0.25) is 0 Å². The Morgan fingerprint density at radius 3 is 2.48 bits per heavy atom.